The molecule has 7 nitrogen and oxygen atoms in total. The van der Waals surface area contributed by atoms with Gasteiger partial charge < -0.3 is 10.0 Å². The van der Waals surface area contributed by atoms with Crippen molar-refractivity contribution in [3.8, 4) is 0 Å². The fourth-order valence-electron chi connectivity index (χ4n) is 3.61. The van der Waals surface area contributed by atoms with Crippen LogP contribution in [-0.2, 0) is 19.6 Å². The molecule has 0 spiro atoms. The minimum absolute atomic E-state index is 0.0166. The third-order valence-corrected chi connectivity index (χ3v) is 7.43. The maximum atomic E-state index is 13.1. The van der Waals surface area contributed by atoms with Gasteiger partial charge in [-0.25, -0.2) is 12.8 Å². The molecule has 0 radical (unpaired) electrons. The van der Waals surface area contributed by atoms with Crippen molar-refractivity contribution in [2.75, 3.05) is 26.2 Å². The van der Waals surface area contributed by atoms with E-state index in [0.717, 1.165) is 18.6 Å². The highest BCUT2D eigenvalue weighted by Gasteiger charge is 2.46. The molecule has 3 rings (SSSR count). The van der Waals surface area contributed by atoms with Crippen LogP contribution in [0.3, 0.4) is 0 Å². The normalized spacial score (nSPS) is 20.6. The standard InChI is InChI=1S/C18H23FN2O5S/c19-14-3-5-15(6-4-14)27(25,26)21-10-2-9-20(11-12-21)16(22)13-18(17(23)24)7-1-8-18/h3-6H,1-2,7-13H2,(H,23,24). The quantitative estimate of drug-likeness (QED) is 0.815. The van der Waals surface area contributed by atoms with Crippen molar-refractivity contribution in [2.45, 2.75) is 37.0 Å². The van der Waals surface area contributed by atoms with E-state index in [0.29, 0.717) is 25.8 Å². The number of carboxylic acid groups (broad SMARTS) is 1. The summed E-state index contributed by atoms with van der Waals surface area (Å²) < 4.78 is 39.8. The van der Waals surface area contributed by atoms with Gasteiger partial charge in [-0.15, -0.1) is 0 Å². The van der Waals surface area contributed by atoms with E-state index in [2.05, 4.69) is 0 Å². The molecule has 0 bridgehead atoms. The van der Waals surface area contributed by atoms with Gasteiger partial charge in [0, 0.05) is 32.6 Å². The van der Waals surface area contributed by atoms with Crippen LogP contribution in [0.4, 0.5) is 4.39 Å². The zero-order valence-electron chi connectivity index (χ0n) is 14.9. The highest BCUT2D eigenvalue weighted by molar-refractivity contribution is 7.89. The number of amides is 1. The topological polar surface area (TPSA) is 95.0 Å². The van der Waals surface area contributed by atoms with Gasteiger partial charge in [0.05, 0.1) is 10.3 Å². The van der Waals surface area contributed by atoms with Crippen LogP contribution in [0.25, 0.3) is 0 Å². The van der Waals surface area contributed by atoms with Crippen LogP contribution in [0.1, 0.15) is 32.1 Å². The zero-order valence-corrected chi connectivity index (χ0v) is 15.8. The Bertz CT molecular complexity index is 821. The lowest BCUT2D eigenvalue weighted by Gasteiger charge is -2.38. The average Bonchev–Trinajstić information content (AvgIpc) is 2.84. The first-order valence-corrected chi connectivity index (χ1v) is 10.5. The Hall–Kier alpha value is -2.00. The monoisotopic (exact) mass is 398 g/mol. The van der Waals surface area contributed by atoms with Gasteiger partial charge in [0.15, 0.2) is 0 Å². The summed E-state index contributed by atoms with van der Waals surface area (Å²) in [6.07, 6.45) is 2.25. The van der Waals surface area contributed by atoms with E-state index in [1.807, 2.05) is 0 Å². The van der Waals surface area contributed by atoms with Crippen LogP contribution >= 0.6 is 0 Å². The lowest BCUT2D eigenvalue weighted by molar-refractivity contribution is -0.159. The van der Waals surface area contributed by atoms with E-state index in [1.54, 1.807) is 4.90 Å². The van der Waals surface area contributed by atoms with E-state index in [9.17, 15) is 27.5 Å². The Labute approximate surface area is 157 Å². The van der Waals surface area contributed by atoms with Gasteiger partial charge in [0.25, 0.3) is 0 Å². The molecular weight excluding hydrogens is 375 g/mol. The minimum Gasteiger partial charge on any atom is -0.481 e. The summed E-state index contributed by atoms with van der Waals surface area (Å²) in [6.45, 7) is 0.998. The first-order chi connectivity index (χ1) is 12.7. The molecule has 148 valence electrons. The number of nitrogens with zero attached hydrogens (tertiary/aromatic N) is 2. The van der Waals surface area contributed by atoms with E-state index in [1.165, 1.54) is 16.4 Å². The number of carboxylic acids is 1. The molecule has 2 aliphatic rings. The molecular formula is C18H23FN2O5S. The maximum absolute atomic E-state index is 13.1. The Morgan fingerprint density at radius 1 is 1.04 bits per heavy atom. The molecule has 1 heterocycles. The highest BCUT2D eigenvalue weighted by atomic mass is 32.2. The van der Waals surface area contributed by atoms with Gasteiger partial charge in [0.1, 0.15) is 5.82 Å². The minimum atomic E-state index is -3.76. The van der Waals surface area contributed by atoms with Crippen molar-refractivity contribution in [3.05, 3.63) is 30.1 Å². The summed E-state index contributed by atoms with van der Waals surface area (Å²) in [5, 5.41) is 9.40. The fourth-order valence-corrected chi connectivity index (χ4v) is 5.08. The molecule has 27 heavy (non-hydrogen) atoms. The molecule has 1 N–H and O–H groups in total. The van der Waals surface area contributed by atoms with Crippen LogP contribution in [0.5, 0.6) is 0 Å². The van der Waals surface area contributed by atoms with Crippen molar-refractivity contribution < 1.29 is 27.5 Å². The first-order valence-electron chi connectivity index (χ1n) is 9.01. The molecule has 0 unspecified atom stereocenters. The molecule has 0 atom stereocenters. The van der Waals surface area contributed by atoms with Crippen molar-refractivity contribution in [1.29, 1.82) is 0 Å². The molecule has 1 aromatic carbocycles. The summed E-state index contributed by atoms with van der Waals surface area (Å²) in [7, 11) is -3.76. The van der Waals surface area contributed by atoms with Gasteiger partial charge in [-0.1, -0.05) is 6.42 Å². The Morgan fingerprint density at radius 2 is 1.70 bits per heavy atom. The molecule has 1 aliphatic heterocycles. The van der Waals surface area contributed by atoms with Gasteiger partial charge in [-0.05, 0) is 43.5 Å². The first kappa shape index (κ1) is 19.8. The lowest BCUT2D eigenvalue weighted by Crippen LogP contribution is -2.44. The number of hydrogen-bond donors (Lipinski definition) is 1. The lowest BCUT2D eigenvalue weighted by atomic mass is 9.66. The van der Waals surface area contributed by atoms with Crippen molar-refractivity contribution in [2.24, 2.45) is 5.41 Å². The van der Waals surface area contributed by atoms with Gasteiger partial charge in [-0.3, -0.25) is 9.59 Å². The predicted octanol–water partition coefficient (Wildman–Crippen LogP) is 1.69. The molecule has 1 aromatic rings. The number of hydrogen-bond acceptors (Lipinski definition) is 4. The highest BCUT2D eigenvalue weighted by Crippen LogP contribution is 2.44. The molecule has 1 amide bonds. The second-order valence-electron chi connectivity index (χ2n) is 7.21. The predicted molar refractivity (Wildman–Crippen MR) is 94.9 cm³/mol. The van der Waals surface area contributed by atoms with E-state index in [4.69, 9.17) is 0 Å². The average molecular weight is 398 g/mol. The third kappa shape index (κ3) is 3.98. The van der Waals surface area contributed by atoms with E-state index < -0.39 is 27.2 Å². The number of rotatable bonds is 5. The summed E-state index contributed by atoms with van der Waals surface area (Å²) in [5.74, 6) is -1.68. The van der Waals surface area contributed by atoms with Gasteiger partial charge >= 0.3 is 5.97 Å². The van der Waals surface area contributed by atoms with Crippen LogP contribution in [-0.4, -0.2) is 60.8 Å². The summed E-state index contributed by atoms with van der Waals surface area (Å²) in [4.78, 5) is 25.6. The largest absolute Gasteiger partial charge is 0.481 e. The number of carbonyl (C=O) groups excluding carboxylic acids is 1. The van der Waals surface area contributed by atoms with Crippen LogP contribution in [0, 0.1) is 11.2 Å². The molecule has 0 aromatic heterocycles. The van der Waals surface area contributed by atoms with E-state index in [-0.39, 0.29) is 36.9 Å². The SMILES string of the molecule is O=C(CC1(C(=O)O)CCC1)N1CCCN(S(=O)(=O)c2ccc(F)cc2)CC1. The Morgan fingerprint density at radius 3 is 2.26 bits per heavy atom. The molecule has 1 aliphatic carbocycles. The molecule has 2 fully saturated rings. The van der Waals surface area contributed by atoms with Crippen molar-refractivity contribution in [3.63, 3.8) is 0 Å². The number of sulfonamides is 1. The summed E-state index contributed by atoms with van der Waals surface area (Å²) in [5.41, 5.74) is -0.955. The molecule has 1 saturated carbocycles. The maximum Gasteiger partial charge on any atom is 0.310 e. The van der Waals surface area contributed by atoms with Crippen molar-refractivity contribution in [1.82, 2.24) is 9.21 Å². The number of carbonyl (C=O) groups is 2. The van der Waals surface area contributed by atoms with Crippen molar-refractivity contribution >= 4 is 21.9 Å². The van der Waals surface area contributed by atoms with Crippen LogP contribution < -0.4 is 0 Å². The van der Waals surface area contributed by atoms with Gasteiger partial charge in [0.2, 0.25) is 15.9 Å². The number of benzene rings is 1. The Balaban J connectivity index is 1.65. The Kier molecular flexibility index (Phi) is 5.53. The fraction of sp³-hybridized carbons (Fsp3) is 0.556. The summed E-state index contributed by atoms with van der Waals surface area (Å²) >= 11 is 0. The molecule has 1 saturated heterocycles. The second kappa shape index (κ2) is 7.55. The van der Waals surface area contributed by atoms with Crippen LogP contribution in [0.2, 0.25) is 0 Å². The molecule has 9 heteroatoms. The smallest absolute Gasteiger partial charge is 0.310 e. The third-order valence-electron chi connectivity index (χ3n) is 5.51. The summed E-state index contributed by atoms with van der Waals surface area (Å²) in [6, 6.07) is 4.66. The van der Waals surface area contributed by atoms with Crippen LogP contribution in [0.15, 0.2) is 29.2 Å². The zero-order chi connectivity index (χ0) is 19.7. The van der Waals surface area contributed by atoms with E-state index >= 15 is 0 Å². The number of halogens is 1. The second-order valence-corrected chi connectivity index (χ2v) is 9.15. The van der Waals surface area contributed by atoms with Gasteiger partial charge in [-0.2, -0.15) is 4.31 Å². The number of aliphatic carboxylic acids is 1.